The number of carbonyl (C=O) groups is 2. The zero-order chi connectivity index (χ0) is 14.3. The summed E-state index contributed by atoms with van der Waals surface area (Å²) < 4.78 is 0. The van der Waals surface area contributed by atoms with Gasteiger partial charge < -0.3 is 10.2 Å². The molecule has 1 N–H and O–H groups in total. The molecule has 1 aromatic carbocycles. The summed E-state index contributed by atoms with van der Waals surface area (Å²) in [5, 5.41) is 3.42. The van der Waals surface area contributed by atoms with E-state index in [0.29, 0.717) is 22.9 Å². The lowest BCUT2D eigenvalue weighted by molar-refractivity contribution is -0.135. The Morgan fingerprint density at radius 2 is 2.35 bits per heavy atom. The largest absolute Gasteiger partial charge is 0.324 e. The van der Waals surface area contributed by atoms with Gasteiger partial charge in [0.05, 0.1) is 4.87 Å². The third-order valence-corrected chi connectivity index (χ3v) is 5.58. The van der Waals surface area contributed by atoms with Crippen molar-refractivity contribution in [3.63, 3.8) is 0 Å². The second-order valence-electron chi connectivity index (χ2n) is 5.27. The van der Waals surface area contributed by atoms with E-state index in [9.17, 15) is 9.59 Å². The van der Waals surface area contributed by atoms with E-state index in [1.807, 2.05) is 6.92 Å². The molecule has 2 heterocycles. The van der Waals surface area contributed by atoms with E-state index in [4.69, 9.17) is 11.6 Å². The van der Waals surface area contributed by atoms with Crippen molar-refractivity contribution >= 4 is 40.9 Å². The number of hydrogen-bond donors (Lipinski definition) is 1. The van der Waals surface area contributed by atoms with E-state index in [1.165, 1.54) is 0 Å². The van der Waals surface area contributed by atoms with Gasteiger partial charge in [-0.3, -0.25) is 9.59 Å². The van der Waals surface area contributed by atoms with Gasteiger partial charge in [-0.25, -0.2) is 0 Å². The SMILES string of the molecule is C[C@@]12CCC(=O)N1[C@H](C(=O)Nc1cccc(Cl)c1)CS2. The third-order valence-electron chi connectivity index (χ3n) is 3.84. The van der Waals surface area contributed by atoms with Crippen molar-refractivity contribution in [2.45, 2.75) is 30.7 Å². The molecular weight excluding hydrogens is 296 g/mol. The molecule has 0 aromatic heterocycles. The minimum Gasteiger partial charge on any atom is -0.324 e. The Kier molecular flexibility index (Phi) is 3.42. The fourth-order valence-electron chi connectivity index (χ4n) is 2.81. The van der Waals surface area contributed by atoms with Crippen molar-refractivity contribution in [1.29, 1.82) is 0 Å². The van der Waals surface area contributed by atoms with Crippen LogP contribution in [0.3, 0.4) is 0 Å². The van der Waals surface area contributed by atoms with Crippen LogP contribution in [0.2, 0.25) is 5.02 Å². The van der Waals surface area contributed by atoms with Gasteiger partial charge in [0.1, 0.15) is 6.04 Å². The number of nitrogens with zero attached hydrogens (tertiary/aromatic N) is 1. The van der Waals surface area contributed by atoms with Crippen LogP contribution in [0.5, 0.6) is 0 Å². The van der Waals surface area contributed by atoms with E-state index >= 15 is 0 Å². The number of rotatable bonds is 2. The maximum Gasteiger partial charge on any atom is 0.248 e. The number of thioether (sulfide) groups is 1. The minimum absolute atomic E-state index is 0.0729. The topological polar surface area (TPSA) is 49.4 Å². The van der Waals surface area contributed by atoms with Crippen molar-refractivity contribution in [1.82, 2.24) is 4.90 Å². The number of hydrogen-bond acceptors (Lipinski definition) is 3. The van der Waals surface area contributed by atoms with E-state index in [1.54, 1.807) is 40.9 Å². The quantitative estimate of drug-likeness (QED) is 0.914. The van der Waals surface area contributed by atoms with Crippen molar-refractivity contribution in [3.8, 4) is 0 Å². The molecule has 3 rings (SSSR count). The molecule has 0 radical (unpaired) electrons. The van der Waals surface area contributed by atoms with Crippen molar-refractivity contribution in [3.05, 3.63) is 29.3 Å². The molecule has 2 aliphatic rings. The highest BCUT2D eigenvalue weighted by Gasteiger charge is 2.52. The zero-order valence-corrected chi connectivity index (χ0v) is 12.6. The predicted octanol–water partition coefficient (Wildman–Crippen LogP) is 2.73. The number of anilines is 1. The van der Waals surface area contributed by atoms with Crippen LogP contribution < -0.4 is 5.32 Å². The van der Waals surface area contributed by atoms with Crippen LogP contribution in [0, 0.1) is 0 Å². The molecule has 2 aliphatic heterocycles. The summed E-state index contributed by atoms with van der Waals surface area (Å²) >= 11 is 7.59. The van der Waals surface area contributed by atoms with Gasteiger partial charge in [-0.1, -0.05) is 17.7 Å². The molecule has 2 atom stereocenters. The first-order valence-corrected chi connectivity index (χ1v) is 7.88. The lowest BCUT2D eigenvalue weighted by Crippen LogP contribution is -2.48. The summed E-state index contributed by atoms with van der Waals surface area (Å²) in [5.74, 6) is 0.580. The average molecular weight is 311 g/mol. The van der Waals surface area contributed by atoms with Crippen LogP contribution >= 0.6 is 23.4 Å². The van der Waals surface area contributed by atoms with E-state index in [2.05, 4.69) is 5.32 Å². The monoisotopic (exact) mass is 310 g/mol. The molecule has 2 saturated heterocycles. The van der Waals surface area contributed by atoms with Crippen LogP contribution in [0.4, 0.5) is 5.69 Å². The Morgan fingerprint density at radius 1 is 1.55 bits per heavy atom. The summed E-state index contributed by atoms with van der Waals surface area (Å²) in [4.78, 5) is 25.9. The van der Waals surface area contributed by atoms with Crippen molar-refractivity contribution in [2.75, 3.05) is 11.1 Å². The first kappa shape index (κ1) is 13.8. The molecule has 4 nitrogen and oxygen atoms in total. The summed E-state index contributed by atoms with van der Waals surface area (Å²) in [6.45, 7) is 2.04. The summed E-state index contributed by atoms with van der Waals surface area (Å²) in [6, 6.07) is 6.64. The number of nitrogens with one attached hydrogen (secondary N) is 1. The Hall–Kier alpha value is -1.20. The Bertz CT molecular complexity index is 580. The second-order valence-corrected chi connectivity index (χ2v) is 7.20. The molecule has 0 aliphatic carbocycles. The van der Waals surface area contributed by atoms with E-state index in [-0.39, 0.29) is 22.7 Å². The number of carbonyl (C=O) groups excluding carboxylic acids is 2. The normalized spacial score (nSPS) is 28.6. The maximum absolute atomic E-state index is 12.4. The molecule has 1 aromatic rings. The number of fused-ring (bicyclic) bond motifs is 1. The number of amides is 2. The highest BCUT2D eigenvalue weighted by molar-refractivity contribution is 8.01. The first-order valence-electron chi connectivity index (χ1n) is 6.52. The fourth-order valence-corrected chi connectivity index (χ4v) is 4.43. The molecule has 0 bridgehead atoms. The van der Waals surface area contributed by atoms with Gasteiger partial charge in [0, 0.05) is 22.9 Å². The first-order chi connectivity index (χ1) is 9.49. The number of halogens is 1. The van der Waals surface area contributed by atoms with Crippen molar-refractivity contribution < 1.29 is 9.59 Å². The Morgan fingerprint density at radius 3 is 3.10 bits per heavy atom. The number of benzene rings is 1. The van der Waals surface area contributed by atoms with E-state index in [0.717, 1.165) is 6.42 Å². The van der Waals surface area contributed by atoms with Gasteiger partial charge in [-0.05, 0) is 31.5 Å². The van der Waals surface area contributed by atoms with Gasteiger partial charge in [-0.15, -0.1) is 11.8 Å². The molecular formula is C14H15ClN2O2S. The molecule has 0 unspecified atom stereocenters. The average Bonchev–Trinajstić information content (AvgIpc) is 2.87. The fraction of sp³-hybridized carbons (Fsp3) is 0.429. The molecule has 0 spiro atoms. The zero-order valence-electron chi connectivity index (χ0n) is 11.1. The maximum atomic E-state index is 12.4. The Balaban J connectivity index is 1.76. The molecule has 20 heavy (non-hydrogen) atoms. The van der Waals surface area contributed by atoms with Crippen molar-refractivity contribution in [2.24, 2.45) is 0 Å². The molecule has 106 valence electrons. The van der Waals surface area contributed by atoms with Crippen LogP contribution in [0.1, 0.15) is 19.8 Å². The molecule has 2 fully saturated rings. The highest BCUT2D eigenvalue weighted by atomic mass is 35.5. The lowest BCUT2D eigenvalue weighted by Gasteiger charge is -2.29. The smallest absolute Gasteiger partial charge is 0.248 e. The van der Waals surface area contributed by atoms with Gasteiger partial charge in [0.15, 0.2) is 0 Å². The standard InChI is InChI=1S/C14H15ClN2O2S/c1-14-6-5-12(18)17(14)11(8-20-14)13(19)16-10-4-2-3-9(15)7-10/h2-4,7,11H,5-6,8H2,1H3,(H,16,19)/t11-,14+/m0/s1. The van der Waals surface area contributed by atoms with Gasteiger partial charge in [0.25, 0.3) is 0 Å². The van der Waals surface area contributed by atoms with Crippen LogP contribution in [-0.4, -0.2) is 33.4 Å². The van der Waals surface area contributed by atoms with Crippen LogP contribution in [-0.2, 0) is 9.59 Å². The summed E-state index contributed by atoms with van der Waals surface area (Å²) in [7, 11) is 0. The van der Waals surface area contributed by atoms with E-state index < -0.39 is 0 Å². The summed E-state index contributed by atoms with van der Waals surface area (Å²) in [6.07, 6.45) is 1.35. The predicted molar refractivity (Wildman–Crippen MR) is 80.8 cm³/mol. The molecule has 6 heteroatoms. The highest BCUT2D eigenvalue weighted by Crippen LogP contribution is 2.47. The molecule has 0 saturated carbocycles. The van der Waals surface area contributed by atoms with Gasteiger partial charge in [0.2, 0.25) is 11.8 Å². The van der Waals surface area contributed by atoms with Gasteiger partial charge >= 0.3 is 0 Å². The van der Waals surface area contributed by atoms with Crippen LogP contribution in [0.15, 0.2) is 24.3 Å². The van der Waals surface area contributed by atoms with Gasteiger partial charge in [-0.2, -0.15) is 0 Å². The third kappa shape index (κ3) is 2.29. The summed E-state index contributed by atoms with van der Waals surface area (Å²) in [5.41, 5.74) is 0.660. The minimum atomic E-state index is -0.390. The molecule has 2 amide bonds. The van der Waals surface area contributed by atoms with Crippen LogP contribution in [0.25, 0.3) is 0 Å². The Labute approximate surface area is 126 Å². The lowest BCUT2D eigenvalue weighted by atomic mass is 10.2. The second kappa shape index (κ2) is 4.97.